The molecule has 0 radical (unpaired) electrons. The van der Waals surface area contributed by atoms with Crippen molar-refractivity contribution in [3.05, 3.63) is 80.9 Å². The fraction of sp³-hybridized carbons (Fsp3) is 0.0455. The molecule has 2 aromatic heterocycles. The van der Waals surface area contributed by atoms with Crippen molar-refractivity contribution in [3.8, 4) is 11.3 Å². The van der Waals surface area contributed by atoms with E-state index in [1.165, 1.54) is 25.8 Å². The minimum atomic E-state index is 0.727. The van der Waals surface area contributed by atoms with Crippen LogP contribution < -0.4 is 0 Å². The second kappa shape index (κ2) is 5.96. The van der Waals surface area contributed by atoms with Crippen molar-refractivity contribution in [2.24, 2.45) is 0 Å². The summed E-state index contributed by atoms with van der Waals surface area (Å²) in [7, 11) is 0. The number of hydrogen-bond donors (Lipinski definition) is 0. The van der Waals surface area contributed by atoms with Crippen LogP contribution in [0.5, 0.6) is 0 Å². The molecule has 2 heterocycles. The first kappa shape index (κ1) is 16.1. The number of hydrogen-bond acceptors (Lipinski definition) is 1. The van der Waals surface area contributed by atoms with Crippen LogP contribution >= 0.6 is 34.2 Å². The molecular formula is C22H14ClIN2. The predicted octanol–water partition coefficient (Wildman–Crippen LogP) is 6.87. The minimum absolute atomic E-state index is 0.727. The number of aromatic nitrogens is 2. The Morgan fingerprint density at radius 3 is 2.50 bits per heavy atom. The zero-order valence-corrected chi connectivity index (χ0v) is 16.9. The molecular weight excluding hydrogens is 455 g/mol. The molecule has 4 heteroatoms. The van der Waals surface area contributed by atoms with Crippen molar-refractivity contribution >= 4 is 61.6 Å². The van der Waals surface area contributed by atoms with Gasteiger partial charge in [-0.15, -0.1) is 0 Å². The summed E-state index contributed by atoms with van der Waals surface area (Å²) in [5, 5.41) is 2.98. The van der Waals surface area contributed by atoms with Crippen molar-refractivity contribution < 1.29 is 0 Å². The molecule has 0 unspecified atom stereocenters. The van der Waals surface area contributed by atoms with Gasteiger partial charge in [0.1, 0.15) is 5.65 Å². The number of aryl methyl sites for hydroxylation is 1. The average Bonchev–Trinajstić information content (AvgIpc) is 3.03. The maximum atomic E-state index is 6.30. The number of benzene rings is 3. The number of para-hydroxylation sites is 2. The van der Waals surface area contributed by atoms with Gasteiger partial charge in [0.05, 0.1) is 16.7 Å². The van der Waals surface area contributed by atoms with E-state index < -0.39 is 0 Å². The number of rotatable bonds is 1. The third-order valence-corrected chi connectivity index (χ3v) is 6.10. The lowest BCUT2D eigenvalue weighted by Gasteiger charge is -2.14. The molecule has 126 valence electrons. The van der Waals surface area contributed by atoms with E-state index in [4.69, 9.17) is 16.6 Å². The fourth-order valence-corrected chi connectivity index (χ4v) is 4.71. The standard InChI is InChI=1S/C22H14ClIN2/c1-13-6-8-14(9-7-13)21-20(24)16-11-10-15(23)12-17(16)22-25-18-4-2-3-5-19(18)26(21)22/h2-12H,1H3. The zero-order valence-electron chi connectivity index (χ0n) is 14.0. The van der Waals surface area contributed by atoms with Crippen LogP contribution in [0.2, 0.25) is 5.02 Å². The van der Waals surface area contributed by atoms with Gasteiger partial charge in [-0.25, -0.2) is 4.98 Å². The van der Waals surface area contributed by atoms with Gasteiger partial charge in [-0.3, -0.25) is 4.40 Å². The first-order chi connectivity index (χ1) is 12.6. The normalized spacial score (nSPS) is 11.7. The molecule has 0 aliphatic heterocycles. The number of imidazole rings is 1. The van der Waals surface area contributed by atoms with Gasteiger partial charge < -0.3 is 0 Å². The molecule has 0 spiro atoms. The van der Waals surface area contributed by atoms with Crippen LogP contribution in [0.15, 0.2) is 66.7 Å². The molecule has 3 aromatic carbocycles. The SMILES string of the molecule is Cc1ccc(-c2c(I)c3ccc(Cl)cc3c3nc4ccccc4n23)cc1. The van der Waals surface area contributed by atoms with Crippen molar-refractivity contribution in [2.45, 2.75) is 6.92 Å². The Morgan fingerprint density at radius 2 is 1.69 bits per heavy atom. The zero-order chi connectivity index (χ0) is 17.8. The molecule has 5 rings (SSSR count). The Bertz CT molecular complexity index is 1300. The lowest BCUT2D eigenvalue weighted by Crippen LogP contribution is -1.98. The van der Waals surface area contributed by atoms with Gasteiger partial charge in [0.25, 0.3) is 0 Å². The van der Waals surface area contributed by atoms with E-state index in [0.29, 0.717) is 0 Å². The molecule has 0 aliphatic rings. The summed E-state index contributed by atoms with van der Waals surface area (Å²) >= 11 is 8.75. The summed E-state index contributed by atoms with van der Waals surface area (Å²) in [6, 6.07) is 23.0. The van der Waals surface area contributed by atoms with Crippen molar-refractivity contribution in [3.63, 3.8) is 0 Å². The largest absolute Gasteiger partial charge is 0.291 e. The summed E-state index contributed by atoms with van der Waals surface area (Å²) in [4.78, 5) is 4.93. The fourth-order valence-electron chi connectivity index (χ4n) is 3.52. The summed E-state index contributed by atoms with van der Waals surface area (Å²) in [5.74, 6) is 0. The van der Waals surface area contributed by atoms with E-state index in [-0.39, 0.29) is 0 Å². The lowest BCUT2D eigenvalue weighted by molar-refractivity contribution is 1.23. The van der Waals surface area contributed by atoms with E-state index in [1.807, 2.05) is 18.2 Å². The molecule has 0 amide bonds. The number of nitrogens with zero attached hydrogens (tertiary/aromatic N) is 2. The van der Waals surface area contributed by atoms with E-state index in [0.717, 1.165) is 27.1 Å². The average molecular weight is 469 g/mol. The van der Waals surface area contributed by atoms with E-state index in [2.05, 4.69) is 82.4 Å². The summed E-state index contributed by atoms with van der Waals surface area (Å²) in [6.45, 7) is 2.11. The molecule has 5 aromatic rings. The summed E-state index contributed by atoms with van der Waals surface area (Å²) in [5.41, 5.74) is 6.65. The van der Waals surface area contributed by atoms with E-state index in [1.54, 1.807) is 0 Å². The van der Waals surface area contributed by atoms with Crippen molar-refractivity contribution in [2.75, 3.05) is 0 Å². The van der Waals surface area contributed by atoms with Crippen LogP contribution in [-0.2, 0) is 0 Å². The predicted molar refractivity (Wildman–Crippen MR) is 118 cm³/mol. The molecule has 26 heavy (non-hydrogen) atoms. The number of fused-ring (bicyclic) bond motifs is 5. The highest BCUT2D eigenvalue weighted by Gasteiger charge is 2.18. The summed E-state index contributed by atoms with van der Waals surface area (Å²) in [6.07, 6.45) is 0. The lowest BCUT2D eigenvalue weighted by atomic mass is 10.1. The Balaban J connectivity index is 2.06. The van der Waals surface area contributed by atoms with Crippen LogP contribution in [0.3, 0.4) is 0 Å². The first-order valence-electron chi connectivity index (χ1n) is 8.38. The van der Waals surface area contributed by atoms with Gasteiger partial charge in [0.15, 0.2) is 0 Å². The van der Waals surface area contributed by atoms with E-state index >= 15 is 0 Å². The molecule has 0 bridgehead atoms. The Hall–Kier alpha value is -2.11. The second-order valence-electron chi connectivity index (χ2n) is 6.48. The minimum Gasteiger partial charge on any atom is -0.291 e. The number of halogens is 2. The van der Waals surface area contributed by atoms with Crippen LogP contribution in [0.4, 0.5) is 0 Å². The maximum Gasteiger partial charge on any atom is 0.146 e. The van der Waals surface area contributed by atoms with Crippen LogP contribution in [0.1, 0.15) is 5.56 Å². The van der Waals surface area contributed by atoms with Crippen LogP contribution in [0, 0.1) is 10.5 Å². The third-order valence-electron chi connectivity index (χ3n) is 4.78. The molecule has 2 nitrogen and oxygen atoms in total. The highest BCUT2D eigenvalue weighted by Crippen LogP contribution is 2.37. The molecule has 0 N–H and O–H groups in total. The quantitative estimate of drug-likeness (QED) is 0.245. The molecule has 0 saturated carbocycles. The maximum absolute atomic E-state index is 6.30. The monoisotopic (exact) mass is 468 g/mol. The van der Waals surface area contributed by atoms with Gasteiger partial charge in [0, 0.05) is 19.4 Å². The van der Waals surface area contributed by atoms with Gasteiger partial charge in [-0.05, 0) is 59.3 Å². The van der Waals surface area contributed by atoms with Crippen LogP contribution in [0.25, 0.3) is 38.7 Å². The highest BCUT2D eigenvalue weighted by molar-refractivity contribution is 14.1. The van der Waals surface area contributed by atoms with Crippen LogP contribution in [-0.4, -0.2) is 9.38 Å². The Labute approximate surface area is 169 Å². The molecule has 0 fully saturated rings. The van der Waals surface area contributed by atoms with Gasteiger partial charge in [-0.1, -0.05) is 59.6 Å². The van der Waals surface area contributed by atoms with Gasteiger partial charge in [-0.2, -0.15) is 0 Å². The Morgan fingerprint density at radius 1 is 0.923 bits per heavy atom. The third kappa shape index (κ3) is 2.34. The van der Waals surface area contributed by atoms with Gasteiger partial charge in [0.2, 0.25) is 0 Å². The highest BCUT2D eigenvalue weighted by atomic mass is 127. The topological polar surface area (TPSA) is 17.3 Å². The molecule has 0 aliphatic carbocycles. The van der Waals surface area contributed by atoms with Crippen molar-refractivity contribution in [1.29, 1.82) is 0 Å². The van der Waals surface area contributed by atoms with E-state index in [9.17, 15) is 0 Å². The summed E-state index contributed by atoms with van der Waals surface area (Å²) < 4.78 is 3.47. The van der Waals surface area contributed by atoms with Crippen molar-refractivity contribution in [1.82, 2.24) is 9.38 Å². The molecule has 0 atom stereocenters. The smallest absolute Gasteiger partial charge is 0.146 e. The molecule has 0 saturated heterocycles. The Kier molecular flexibility index (Phi) is 3.69. The van der Waals surface area contributed by atoms with Gasteiger partial charge >= 0.3 is 0 Å². The second-order valence-corrected chi connectivity index (χ2v) is 7.99. The first-order valence-corrected chi connectivity index (χ1v) is 9.84. The number of pyridine rings is 1.